The SMILES string of the molecule is CCC(C)n1ccc(COc2c(N)cccc2C(N)=O)n1. The first-order valence-electron chi connectivity index (χ1n) is 6.88. The molecule has 21 heavy (non-hydrogen) atoms. The maximum atomic E-state index is 11.4. The zero-order valence-electron chi connectivity index (χ0n) is 12.2. The van der Waals surface area contributed by atoms with E-state index in [1.807, 2.05) is 16.9 Å². The number of nitrogens with zero attached hydrogens (tertiary/aromatic N) is 2. The van der Waals surface area contributed by atoms with Crippen LogP contribution in [0.4, 0.5) is 5.69 Å². The third kappa shape index (κ3) is 3.34. The van der Waals surface area contributed by atoms with Gasteiger partial charge < -0.3 is 16.2 Å². The van der Waals surface area contributed by atoms with Gasteiger partial charge >= 0.3 is 0 Å². The molecule has 0 radical (unpaired) electrons. The van der Waals surface area contributed by atoms with Crippen molar-refractivity contribution >= 4 is 11.6 Å². The normalized spacial score (nSPS) is 12.1. The number of anilines is 1. The summed E-state index contributed by atoms with van der Waals surface area (Å²) in [4.78, 5) is 11.4. The molecule has 112 valence electrons. The number of benzene rings is 1. The largest absolute Gasteiger partial charge is 0.484 e. The number of carbonyl (C=O) groups excluding carboxylic acids is 1. The van der Waals surface area contributed by atoms with Crippen LogP contribution in [0.25, 0.3) is 0 Å². The predicted molar refractivity (Wildman–Crippen MR) is 80.9 cm³/mol. The second kappa shape index (κ2) is 6.30. The van der Waals surface area contributed by atoms with Crippen LogP contribution in [0.3, 0.4) is 0 Å². The van der Waals surface area contributed by atoms with Crippen LogP contribution in [0, 0.1) is 0 Å². The Morgan fingerprint density at radius 2 is 2.19 bits per heavy atom. The number of carbonyl (C=O) groups is 1. The van der Waals surface area contributed by atoms with Gasteiger partial charge in [-0.3, -0.25) is 9.48 Å². The van der Waals surface area contributed by atoms with Crippen molar-refractivity contribution < 1.29 is 9.53 Å². The standard InChI is InChI=1S/C15H20N4O2/c1-3-10(2)19-8-7-11(18-19)9-21-14-12(15(17)20)5-4-6-13(14)16/h4-8,10H,3,9,16H2,1-2H3,(H2,17,20). The number of primary amides is 1. The Kier molecular flexibility index (Phi) is 4.47. The second-order valence-corrected chi connectivity index (χ2v) is 4.92. The molecule has 4 N–H and O–H groups in total. The Morgan fingerprint density at radius 3 is 2.86 bits per heavy atom. The molecule has 1 atom stereocenters. The lowest BCUT2D eigenvalue weighted by Crippen LogP contribution is -2.14. The second-order valence-electron chi connectivity index (χ2n) is 4.92. The molecule has 2 aromatic rings. The molecule has 1 aromatic heterocycles. The zero-order chi connectivity index (χ0) is 15.4. The van der Waals surface area contributed by atoms with Crippen molar-refractivity contribution in [3.05, 3.63) is 41.7 Å². The van der Waals surface area contributed by atoms with E-state index in [0.29, 0.717) is 17.5 Å². The molecule has 0 aliphatic rings. The Balaban J connectivity index is 2.13. The van der Waals surface area contributed by atoms with Gasteiger partial charge in [0.15, 0.2) is 5.75 Å². The fraction of sp³-hybridized carbons (Fsp3) is 0.333. The summed E-state index contributed by atoms with van der Waals surface area (Å²) >= 11 is 0. The van der Waals surface area contributed by atoms with Crippen molar-refractivity contribution in [3.8, 4) is 5.75 Å². The number of rotatable bonds is 6. The van der Waals surface area contributed by atoms with E-state index in [1.54, 1.807) is 18.2 Å². The minimum absolute atomic E-state index is 0.234. The molecule has 0 spiro atoms. The number of nitrogen functional groups attached to an aromatic ring is 1. The molecule has 0 saturated carbocycles. The summed E-state index contributed by atoms with van der Waals surface area (Å²) in [7, 11) is 0. The van der Waals surface area contributed by atoms with Crippen molar-refractivity contribution in [1.82, 2.24) is 9.78 Å². The molecular formula is C15H20N4O2. The Labute approximate surface area is 123 Å². The average molecular weight is 288 g/mol. The Bertz CT molecular complexity index is 636. The highest BCUT2D eigenvalue weighted by molar-refractivity contribution is 5.97. The van der Waals surface area contributed by atoms with Crippen LogP contribution in [0.1, 0.15) is 42.4 Å². The average Bonchev–Trinajstić information content (AvgIpc) is 2.93. The van der Waals surface area contributed by atoms with Crippen molar-refractivity contribution in [2.45, 2.75) is 32.9 Å². The molecule has 0 saturated heterocycles. The van der Waals surface area contributed by atoms with Crippen LogP contribution in [-0.4, -0.2) is 15.7 Å². The van der Waals surface area contributed by atoms with Crippen molar-refractivity contribution in [2.75, 3.05) is 5.73 Å². The summed E-state index contributed by atoms with van der Waals surface area (Å²) in [6, 6.07) is 7.14. The molecule has 1 unspecified atom stereocenters. The Hall–Kier alpha value is -2.50. The number of amides is 1. The maximum Gasteiger partial charge on any atom is 0.252 e. The summed E-state index contributed by atoms with van der Waals surface area (Å²) in [5.41, 5.74) is 12.6. The van der Waals surface area contributed by atoms with Crippen LogP contribution < -0.4 is 16.2 Å². The molecule has 6 nitrogen and oxygen atoms in total. The highest BCUT2D eigenvalue weighted by atomic mass is 16.5. The third-order valence-electron chi connectivity index (χ3n) is 3.38. The molecule has 1 amide bonds. The monoisotopic (exact) mass is 288 g/mol. The Morgan fingerprint density at radius 1 is 1.43 bits per heavy atom. The van der Waals surface area contributed by atoms with E-state index in [9.17, 15) is 4.79 Å². The molecule has 0 bridgehead atoms. The lowest BCUT2D eigenvalue weighted by molar-refractivity contribution is 0.0996. The first kappa shape index (κ1) is 14.9. The molecule has 6 heteroatoms. The highest BCUT2D eigenvalue weighted by Gasteiger charge is 2.13. The van der Waals surface area contributed by atoms with E-state index in [0.717, 1.165) is 12.1 Å². The van der Waals surface area contributed by atoms with Gasteiger partial charge in [0.1, 0.15) is 6.61 Å². The number of para-hydroxylation sites is 1. The van der Waals surface area contributed by atoms with Crippen molar-refractivity contribution in [3.63, 3.8) is 0 Å². The molecular weight excluding hydrogens is 268 g/mol. The van der Waals surface area contributed by atoms with E-state index in [2.05, 4.69) is 18.9 Å². The van der Waals surface area contributed by atoms with Crippen LogP contribution in [0.5, 0.6) is 5.75 Å². The fourth-order valence-electron chi connectivity index (χ4n) is 1.94. The van der Waals surface area contributed by atoms with Crippen LogP contribution in [0.15, 0.2) is 30.5 Å². The van der Waals surface area contributed by atoms with Crippen LogP contribution in [0.2, 0.25) is 0 Å². The van der Waals surface area contributed by atoms with Gasteiger partial charge in [0.2, 0.25) is 0 Å². The van der Waals surface area contributed by atoms with Crippen LogP contribution >= 0.6 is 0 Å². The van der Waals surface area contributed by atoms with Crippen molar-refractivity contribution in [2.24, 2.45) is 5.73 Å². The quantitative estimate of drug-likeness (QED) is 0.796. The minimum atomic E-state index is -0.567. The summed E-state index contributed by atoms with van der Waals surface area (Å²) in [6.45, 7) is 4.43. The smallest absolute Gasteiger partial charge is 0.252 e. The lowest BCUT2D eigenvalue weighted by atomic mass is 10.1. The van der Waals surface area contributed by atoms with Crippen LogP contribution in [-0.2, 0) is 6.61 Å². The number of hydrogen-bond acceptors (Lipinski definition) is 4. The van der Waals surface area contributed by atoms with Gasteiger partial charge in [-0.25, -0.2) is 0 Å². The summed E-state index contributed by atoms with van der Waals surface area (Å²) in [5.74, 6) is -0.259. The van der Waals surface area contributed by atoms with E-state index < -0.39 is 5.91 Å². The lowest BCUT2D eigenvalue weighted by Gasteiger charge is -2.11. The van der Waals surface area contributed by atoms with Gasteiger partial charge in [0.25, 0.3) is 5.91 Å². The first-order chi connectivity index (χ1) is 10.0. The topological polar surface area (TPSA) is 96.2 Å². The molecule has 1 heterocycles. The predicted octanol–water partition coefficient (Wildman–Crippen LogP) is 2.11. The number of aromatic nitrogens is 2. The number of nitrogens with two attached hydrogens (primary N) is 2. The molecule has 0 aliphatic heterocycles. The van der Waals surface area contributed by atoms with Gasteiger partial charge in [-0.15, -0.1) is 0 Å². The van der Waals surface area contributed by atoms with E-state index >= 15 is 0 Å². The summed E-state index contributed by atoms with van der Waals surface area (Å²) < 4.78 is 7.53. The van der Waals surface area contributed by atoms with E-state index in [-0.39, 0.29) is 12.2 Å². The summed E-state index contributed by atoms with van der Waals surface area (Å²) in [6.07, 6.45) is 2.91. The van der Waals surface area contributed by atoms with Gasteiger partial charge in [-0.1, -0.05) is 13.0 Å². The van der Waals surface area contributed by atoms with E-state index in [4.69, 9.17) is 16.2 Å². The maximum absolute atomic E-state index is 11.4. The van der Waals surface area contributed by atoms with Gasteiger partial charge in [0.05, 0.1) is 16.9 Å². The fourth-order valence-corrected chi connectivity index (χ4v) is 1.94. The third-order valence-corrected chi connectivity index (χ3v) is 3.38. The minimum Gasteiger partial charge on any atom is -0.484 e. The number of ether oxygens (including phenoxy) is 1. The molecule has 2 rings (SSSR count). The highest BCUT2D eigenvalue weighted by Crippen LogP contribution is 2.26. The van der Waals surface area contributed by atoms with Gasteiger partial charge in [-0.2, -0.15) is 5.10 Å². The molecule has 1 aromatic carbocycles. The zero-order valence-corrected chi connectivity index (χ0v) is 12.2. The van der Waals surface area contributed by atoms with Crippen molar-refractivity contribution in [1.29, 1.82) is 0 Å². The van der Waals surface area contributed by atoms with Gasteiger partial charge in [-0.05, 0) is 31.5 Å². The summed E-state index contributed by atoms with van der Waals surface area (Å²) in [5, 5.41) is 4.43. The molecule has 0 aliphatic carbocycles. The number of hydrogen-bond donors (Lipinski definition) is 2. The first-order valence-corrected chi connectivity index (χ1v) is 6.88. The molecule has 0 fully saturated rings. The van der Waals surface area contributed by atoms with Gasteiger partial charge in [0, 0.05) is 12.2 Å². The van der Waals surface area contributed by atoms with E-state index in [1.165, 1.54) is 0 Å².